The molecule has 3 aromatic rings. The summed E-state index contributed by atoms with van der Waals surface area (Å²) in [5, 5.41) is 3.01. The summed E-state index contributed by atoms with van der Waals surface area (Å²) in [6.45, 7) is 1.07. The molecule has 2 aromatic heterocycles. The van der Waals surface area contributed by atoms with Crippen molar-refractivity contribution in [3.63, 3.8) is 0 Å². The van der Waals surface area contributed by atoms with Crippen molar-refractivity contribution in [1.82, 2.24) is 15.0 Å². The van der Waals surface area contributed by atoms with Gasteiger partial charge in [0.1, 0.15) is 5.52 Å². The lowest BCUT2D eigenvalue weighted by atomic mass is 9.50. The Morgan fingerprint density at radius 1 is 1.12 bits per heavy atom. The van der Waals surface area contributed by atoms with Gasteiger partial charge in [0.2, 0.25) is 11.0 Å². The number of amides is 2. The van der Waals surface area contributed by atoms with Gasteiger partial charge in [0, 0.05) is 23.9 Å². The lowest BCUT2D eigenvalue weighted by Crippen LogP contribution is -2.55. The predicted octanol–water partition coefficient (Wildman–Crippen LogP) is 3.36. The Bertz CT molecular complexity index is 1330. The number of sulfonamides is 1. The third kappa shape index (κ3) is 3.77. The van der Waals surface area contributed by atoms with E-state index in [0.29, 0.717) is 5.02 Å². The number of rotatable bonds is 5. The minimum absolute atomic E-state index is 0.00797. The quantitative estimate of drug-likeness (QED) is 0.575. The zero-order valence-corrected chi connectivity index (χ0v) is 18.6. The van der Waals surface area contributed by atoms with Gasteiger partial charge >= 0.3 is 0 Å². The van der Waals surface area contributed by atoms with Crippen molar-refractivity contribution in [2.24, 2.45) is 5.41 Å². The normalized spacial score (nSPS) is 24.7. The highest BCUT2D eigenvalue weighted by Crippen LogP contribution is 2.61. The minimum atomic E-state index is -4.12. The van der Waals surface area contributed by atoms with Crippen LogP contribution in [-0.2, 0) is 14.8 Å². The molecule has 2 aliphatic rings. The number of nitrogens with one attached hydrogen (secondary N) is 2. The molecule has 0 bridgehead atoms. The van der Waals surface area contributed by atoms with Crippen molar-refractivity contribution in [2.45, 2.75) is 49.7 Å². The first-order valence-corrected chi connectivity index (χ1v) is 12.0. The number of carbonyl (C=O) groups excluding carboxylic acids is 2. The van der Waals surface area contributed by atoms with Crippen LogP contribution in [-0.4, -0.2) is 31.3 Å². The van der Waals surface area contributed by atoms with Crippen LogP contribution in [0.15, 0.2) is 44.3 Å². The van der Waals surface area contributed by atoms with Crippen LogP contribution in [0.25, 0.3) is 11.1 Å². The summed E-state index contributed by atoms with van der Waals surface area (Å²) in [5.74, 6) is -0.367. The number of nitrogens with zero attached hydrogens (tertiary/aromatic N) is 1. The molecule has 0 aliphatic heterocycles. The highest BCUT2D eigenvalue weighted by molar-refractivity contribution is 7.89. The van der Waals surface area contributed by atoms with Crippen molar-refractivity contribution in [3.05, 3.63) is 47.0 Å². The summed E-state index contributed by atoms with van der Waals surface area (Å²) in [7, 11) is -4.12. The van der Waals surface area contributed by atoms with Crippen molar-refractivity contribution in [1.29, 1.82) is 0 Å². The third-order valence-corrected chi connectivity index (χ3v) is 7.66. The Hall–Kier alpha value is -2.85. The van der Waals surface area contributed by atoms with Gasteiger partial charge in [-0.15, -0.1) is 0 Å². The molecule has 2 heterocycles. The summed E-state index contributed by atoms with van der Waals surface area (Å²) in [4.78, 5) is 28.0. The number of furan rings is 1. The molecule has 0 atom stereocenters. The standard InChI is InChI=1S/C21H20ClN3O6S/c1-11(26)25-32(28,29)18-5-4-17(30-18)19(27)23-14-9-21(10-14)7-12(8-21)20-24-15-6-13(22)2-3-16(15)31-20/h2-6,12,14H,7-10H2,1H3,(H,23,27)(H,25,26). The van der Waals surface area contributed by atoms with Crippen LogP contribution in [0.2, 0.25) is 5.02 Å². The molecule has 5 rings (SSSR count). The van der Waals surface area contributed by atoms with Crippen molar-refractivity contribution in [3.8, 4) is 0 Å². The summed E-state index contributed by atoms with van der Waals surface area (Å²) < 4.78 is 36.7. The minimum Gasteiger partial charge on any atom is -0.440 e. The molecule has 11 heteroatoms. The third-order valence-electron chi connectivity index (χ3n) is 6.12. The fraction of sp³-hybridized carbons (Fsp3) is 0.381. The highest BCUT2D eigenvalue weighted by atomic mass is 35.5. The summed E-state index contributed by atoms with van der Waals surface area (Å²) in [6.07, 6.45) is 3.55. The maximum atomic E-state index is 12.4. The zero-order chi connectivity index (χ0) is 22.7. The summed E-state index contributed by atoms with van der Waals surface area (Å²) >= 11 is 6.01. The van der Waals surface area contributed by atoms with Crippen LogP contribution in [0.1, 0.15) is 55.0 Å². The van der Waals surface area contributed by atoms with Gasteiger partial charge in [-0.25, -0.2) is 9.71 Å². The first-order valence-electron chi connectivity index (χ1n) is 10.1. The Kier molecular flexibility index (Phi) is 4.82. The first kappa shape index (κ1) is 21.0. The molecule has 9 nitrogen and oxygen atoms in total. The maximum absolute atomic E-state index is 12.4. The van der Waals surface area contributed by atoms with E-state index in [9.17, 15) is 18.0 Å². The number of halogens is 1. The van der Waals surface area contributed by atoms with Gasteiger partial charge in [-0.3, -0.25) is 9.59 Å². The Morgan fingerprint density at radius 3 is 2.59 bits per heavy atom. The van der Waals surface area contributed by atoms with E-state index in [1.165, 1.54) is 6.07 Å². The van der Waals surface area contributed by atoms with Gasteiger partial charge in [-0.2, -0.15) is 8.42 Å². The van der Waals surface area contributed by atoms with Gasteiger partial charge in [-0.1, -0.05) is 11.6 Å². The average molecular weight is 478 g/mol. The van der Waals surface area contributed by atoms with E-state index in [-0.39, 0.29) is 23.1 Å². The van der Waals surface area contributed by atoms with Crippen LogP contribution in [0, 0.1) is 5.41 Å². The van der Waals surface area contributed by atoms with Crippen LogP contribution < -0.4 is 10.0 Å². The van der Waals surface area contributed by atoms with Crippen molar-refractivity contribution >= 4 is 44.5 Å². The van der Waals surface area contributed by atoms with Gasteiger partial charge in [0.25, 0.3) is 15.9 Å². The highest BCUT2D eigenvalue weighted by Gasteiger charge is 2.54. The lowest BCUT2D eigenvalue weighted by Gasteiger charge is -2.57. The van der Waals surface area contributed by atoms with Crippen LogP contribution in [0.4, 0.5) is 0 Å². The molecule has 0 unspecified atom stereocenters. The maximum Gasteiger partial charge on any atom is 0.297 e. The van der Waals surface area contributed by atoms with Crippen molar-refractivity contribution in [2.75, 3.05) is 0 Å². The van der Waals surface area contributed by atoms with E-state index in [0.717, 1.165) is 55.7 Å². The number of carbonyl (C=O) groups is 2. The second-order valence-electron chi connectivity index (χ2n) is 8.63. The number of aromatic nitrogens is 1. The number of hydrogen-bond acceptors (Lipinski definition) is 7. The molecule has 0 radical (unpaired) electrons. The largest absolute Gasteiger partial charge is 0.440 e. The fourth-order valence-electron chi connectivity index (χ4n) is 4.76. The number of benzene rings is 1. The Morgan fingerprint density at radius 2 is 1.88 bits per heavy atom. The molecule has 2 fully saturated rings. The molecular formula is C21H20ClN3O6S. The number of hydrogen-bond donors (Lipinski definition) is 2. The first-order chi connectivity index (χ1) is 15.1. The second-order valence-corrected chi connectivity index (χ2v) is 10.7. The molecular weight excluding hydrogens is 458 g/mol. The van der Waals surface area contributed by atoms with Crippen LogP contribution in [0.5, 0.6) is 0 Å². The van der Waals surface area contributed by atoms with Crippen LogP contribution >= 0.6 is 11.6 Å². The number of oxazole rings is 1. The summed E-state index contributed by atoms with van der Waals surface area (Å²) in [6, 6.07) is 7.79. The fourth-order valence-corrected chi connectivity index (χ4v) is 5.85. The van der Waals surface area contributed by atoms with E-state index in [1.54, 1.807) is 16.9 Å². The molecule has 2 saturated carbocycles. The molecule has 1 spiro atoms. The molecule has 2 N–H and O–H groups in total. The lowest BCUT2D eigenvalue weighted by molar-refractivity contribution is -0.117. The number of fused-ring (bicyclic) bond motifs is 1. The second kappa shape index (κ2) is 7.35. The zero-order valence-electron chi connectivity index (χ0n) is 17.1. The molecule has 32 heavy (non-hydrogen) atoms. The SMILES string of the molecule is CC(=O)NS(=O)(=O)c1ccc(C(=O)NC2CC3(C2)CC(c2nc4cc(Cl)ccc4o2)C3)o1. The smallest absolute Gasteiger partial charge is 0.297 e. The molecule has 168 valence electrons. The van der Waals surface area contributed by atoms with E-state index in [2.05, 4.69) is 10.3 Å². The van der Waals surface area contributed by atoms with Gasteiger partial charge < -0.3 is 14.2 Å². The van der Waals surface area contributed by atoms with E-state index < -0.39 is 26.9 Å². The monoisotopic (exact) mass is 477 g/mol. The van der Waals surface area contributed by atoms with Gasteiger partial charge in [0.15, 0.2) is 17.2 Å². The van der Waals surface area contributed by atoms with E-state index >= 15 is 0 Å². The Balaban J connectivity index is 1.15. The van der Waals surface area contributed by atoms with Gasteiger partial charge in [0.05, 0.1) is 0 Å². The predicted molar refractivity (Wildman–Crippen MR) is 114 cm³/mol. The topological polar surface area (TPSA) is 132 Å². The molecule has 0 saturated heterocycles. The van der Waals surface area contributed by atoms with E-state index in [4.69, 9.17) is 20.4 Å². The molecule has 1 aromatic carbocycles. The van der Waals surface area contributed by atoms with E-state index in [1.807, 2.05) is 6.07 Å². The van der Waals surface area contributed by atoms with Gasteiger partial charge in [-0.05, 0) is 61.4 Å². The van der Waals surface area contributed by atoms with Crippen LogP contribution in [0.3, 0.4) is 0 Å². The molecule has 2 amide bonds. The average Bonchev–Trinajstić information content (AvgIpc) is 3.28. The molecule has 2 aliphatic carbocycles. The Labute approximate surface area is 188 Å². The van der Waals surface area contributed by atoms with Crippen molar-refractivity contribution < 1.29 is 26.8 Å². The summed E-state index contributed by atoms with van der Waals surface area (Å²) in [5.41, 5.74) is 1.65.